The number of unbranched alkanes of at least 4 members (excludes halogenated alkanes) is 13. The molecule has 0 saturated carbocycles. The monoisotopic (exact) mass is 582 g/mol. The number of halogens is 1. The Morgan fingerprint density at radius 2 is 1.29 bits per heavy atom. The van der Waals surface area contributed by atoms with Crippen molar-refractivity contribution >= 4 is 34.7 Å². The SMILES string of the molecule is CCCCCCCCCCCCCCCCN1C(=O)C(=O)C(=C(O)c2ccc(Cl)cc2)[C@@H]1c1ccc([N+](=O)[O-])cc1. The Bertz CT molecular complexity index is 1180. The molecule has 0 aliphatic carbocycles. The quantitative estimate of drug-likeness (QED) is 0.0471. The van der Waals surface area contributed by atoms with Crippen molar-refractivity contribution in [3.05, 3.63) is 80.4 Å². The van der Waals surface area contributed by atoms with Gasteiger partial charge in [0.05, 0.1) is 16.5 Å². The average Bonchev–Trinajstić information content (AvgIpc) is 3.22. The van der Waals surface area contributed by atoms with Gasteiger partial charge in [0.15, 0.2) is 0 Å². The van der Waals surface area contributed by atoms with Gasteiger partial charge in [0.1, 0.15) is 5.76 Å². The van der Waals surface area contributed by atoms with Crippen molar-refractivity contribution in [1.29, 1.82) is 0 Å². The van der Waals surface area contributed by atoms with Crippen LogP contribution >= 0.6 is 11.6 Å². The third kappa shape index (κ3) is 9.42. The normalized spacial score (nSPS) is 16.4. The molecule has 1 heterocycles. The number of aliphatic hydroxyl groups is 1. The lowest BCUT2D eigenvalue weighted by molar-refractivity contribution is -0.384. The van der Waals surface area contributed by atoms with Gasteiger partial charge in [0.2, 0.25) is 0 Å². The van der Waals surface area contributed by atoms with E-state index in [2.05, 4.69) is 6.92 Å². The van der Waals surface area contributed by atoms with Gasteiger partial charge in [-0.3, -0.25) is 19.7 Å². The van der Waals surface area contributed by atoms with Crippen molar-refractivity contribution in [2.45, 2.75) is 103 Å². The third-order valence-electron chi connectivity index (χ3n) is 7.83. The number of nitrogens with zero attached hydrogens (tertiary/aromatic N) is 2. The molecule has 0 spiro atoms. The molecule has 1 atom stereocenters. The summed E-state index contributed by atoms with van der Waals surface area (Å²) in [5.41, 5.74) is 0.804. The van der Waals surface area contributed by atoms with Crippen LogP contribution in [0.4, 0.5) is 5.69 Å². The Morgan fingerprint density at radius 3 is 1.78 bits per heavy atom. The molecule has 0 unspecified atom stereocenters. The van der Waals surface area contributed by atoms with E-state index >= 15 is 0 Å². The Kier molecular flexibility index (Phi) is 13.3. The van der Waals surface area contributed by atoms with Gasteiger partial charge in [-0.15, -0.1) is 0 Å². The van der Waals surface area contributed by atoms with Crippen molar-refractivity contribution in [2.75, 3.05) is 6.54 Å². The van der Waals surface area contributed by atoms with Crippen LogP contribution in [0.3, 0.4) is 0 Å². The first kappa shape index (κ1) is 32.3. The second kappa shape index (κ2) is 16.9. The van der Waals surface area contributed by atoms with Crippen molar-refractivity contribution in [1.82, 2.24) is 4.90 Å². The molecule has 0 aromatic heterocycles. The minimum absolute atomic E-state index is 0.0171. The Morgan fingerprint density at radius 1 is 0.805 bits per heavy atom. The lowest BCUT2D eigenvalue weighted by atomic mass is 9.95. The fourth-order valence-corrected chi connectivity index (χ4v) is 5.60. The van der Waals surface area contributed by atoms with E-state index in [4.69, 9.17) is 11.6 Å². The molecule has 1 fully saturated rings. The van der Waals surface area contributed by atoms with Crippen LogP contribution in [0.5, 0.6) is 0 Å². The van der Waals surface area contributed by atoms with Crippen LogP contribution in [0.15, 0.2) is 54.1 Å². The lowest BCUT2D eigenvalue weighted by Crippen LogP contribution is -2.30. The maximum Gasteiger partial charge on any atom is 0.295 e. The number of nitro benzene ring substituents is 1. The second-order valence-electron chi connectivity index (χ2n) is 10.9. The highest BCUT2D eigenvalue weighted by Gasteiger charge is 2.45. The summed E-state index contributed by atoms with van der Waals surface area (Å²) in [5.74, 6) is -1.71. The zero-order valence-corrected chi connectivity index (χ0v) is 24.9. The first-order valence-corrected chi connectivity index (χ1v) is 15.5. The van der Waals surface area contributed by atoms with E-state index in [1.54, 1.807) is 36.4 Å². The van der Waals surface area contributed by atoms with Crippen molar-refractivity contribution in [3.63, 3.8) is 0 Å². The van der Waals surface area contributed by atoms with Crippen LogP contribution in [0.25, 0.3) is 5.76 Å². The first-order chi connectivity index (χ1) is 19.8. The predicted molar refractivity (Wildman–Crippen MR) is 164 cm³/mol. The number of amides is 1. The third-order valence-corrected chi connectivity index (χ3v) is 8.08. The fourth-order valence-electron chi connectivity index (χ4n) is 5.48. The predicted octanol–water partition coefficient (Wildman–Crippen LogP) is 9.15. The molecule has 3 rings (SSSR count). The van der Waals surface area contributed by atoms with E-state index in [1.165, 1.54) is 81.2 Å². The number of aliphatic hydroxyl groups excluding tert-OH is 1. The van der Waals surface area contributed by atoms with Gasteiger partial charge in [0, 0.05) is 29.3 Å². The van der Waals surface area contributed by atoms with Crippen molar-refractivity contribution in [2.24, 2.45) is 0 Å². The van der Waals surface area contributed by atoms with Gasteiger partial charge < -0.3 is 10.0 Å². The lowest BCUT2D eigenvalue weighted by Gasteiger charge is -2.25. The molecule has 0 bridgehead atoms. The fraction of sp³-hybridized carbons (Fsp3) is 0.515. The summed E-state index contributed by atoms with van der Waals surface area (Å²) >= 11 is 5.98. The summed E-state index contributed by atoms with van der Waals surface area (Å²) < 4.78 is 0. The molecule has 2 aromatic carbocycles. The standard InChI is InChI=1S/C33H43ClN2O5/c1-2-3-4-5-6-7-8-9-10-11-12-13-14-15-24-35-30(25-18-22-28(23-19-25)36(40)41)29(32(38)33(35)39)31(37)26-16-20-27(34)21-17-26/h16-23,30,37H,2-15,24H2,1H3/t30-/m0/s1. The molecular weight excluding hydrogens is 540 g/mol. The molecule has 2 aromatic rings. The van der Waals surface area contributed by atoms with E-state index in [-0.39, 0.29) is 17.0 Å². The van der Waals surface area contributed by atoms with Crippen LogP contribution in [0, 0.1) is 10.1 Å². The van der Waals surface area contributed by atoms with Gasteiger partial charge in [-0.2, -0.15) is 0 Å². The minimum atomic E-state index is -0.826. The molecular formula is C33H43ClN2O5. The Hall–Kier alpha value is -3.19. The van der Waals surface area contributed by atoms with E-state index in [9.17, 15) is 24.8 Å². The maximum atomic E-state index is 13.2. The molecule has 41 heavy (non-hydrogen) atoms. The van der Waals surface area contributed by atoms with Crippen LogP contribution in [0.1, 0.15) is 114 Å². The number of ketones is 1. The van der Waals surface area contributed by atoms with E-state index < -0.39 is 22.7 Å². The zero-order chi connectivity index (χ0) is 29.6. The van der Waals surface area contributed by atoms with Crippen LogP contribution in [-0.4, -0.2) is 33.2 Å². The van der Waals surface area contributed by atoms with Crippen molar-refractivity contribution in [3.8, 4) is 0 Å². The van der Waals surface area contributed by atoms with Gasteiger partial charge in [0.25, 0.3) is 17.4 Å². The average molecular weight is 583 g/mol. The number of carbonyl (C=O) groups excluding carboxylic acids is 2. The van der Waals surface area contributed by atoms with Crippen LogP contribution in [-0.2, 0) is 9.59 Å². The number of non-ortho nitro benzene ring substituents is 1. The number of likely N-dealkylation sites (tertiary alicyclic amines) is 1. The number of benzene rings is 2. The summed E-state index contributed by atoms with van der Waals surface area (Å²) in [4.78, 5) is 38.5. The number of Topliss-reactive ketones (excluding diaryl/α,β-unsaturated/α-hetero) is 1. The topological polar surface area (TPSA) is 101 Å². The van der Waals surface area contributed by atoms with E-state index in [0.717, 1.165) is 25.7 Å². The molecule has 1 saturated heterocycles. The summed E-state index contributed by atoms with van der Waals surface area (Å²) in [6.45, 7) is 2.61. The molecule has 1 N–H and O–H groups in total. The Balaban J connectivity index is 1.58. The molecule has 0 radical (unpaired) electrons. The summed E-state index contributed by atoms with van der Waals surface area (Å²) in [7, 11) is 0. The molecule has 1 aliphatic heterocycles. The van der Waals surface area contributed by atoms with E-state index in [0.29, 0.717) is 22.7 Å². The van der Waals surface area contributed by atoms with Crippen molar-refractivity contribution < 1.29 is 19.6 Å². The maximum absolute atomic E-state index is 13.2. The minimum Gasteiger partial charge on any atom is -0.507 e. The molecule has 1 amide bonds. The smallest absolute Gasteiger partial charge is 0.295 e. The molecule has 222 valence electrons. The number of rotatable bonds is 18. The number of nitro groups is 1. The molecule has 8 heteroatoms. The summed E-state index contributed by atoms with van der Waals surface area (Å²) in [6, 6.07) is 11.3. The highest BCUT2D eigenvalue weighted by atomic mass is 35.5. The highest BCUT2D eigenvalue weighted by molar-refractivity contribution is 6.46. The highest BCUT2D eigenvalue weighted by Crippen LogP contribution is 2.40. The summed E-state index contributed by atoms with van der Waals surface area (Å²) in [5, 5.41) is 22.8. The number of hydrogen-bond acceptors (Lipinski definition) is 5. The number of carbonyl (C=O) groups is 2. The first-order valence-electron chi connectivity index (χ1n) is 15.1. The molecule has 7 nitrogen and oxygen atoms in total. The van der Waals surface area contributed by atoms with Gasteiger partial charge >= 0.3 is 0 Å². The van der Waals surface area contributed by atoms with E-state index in [1.807, 2.05) is 0 Å². The summed E-state index contributed by atoms with van der Waals surface area (Å²) in [6.07, 6.45) is 17.0. The Labute approximate surface area is 248 Å². The van der Waals surface area contributed by atoms with Crippen LogP contribution < -0.4 is 0 Å². The molecule has 1 aliphatic rings. The zero-order valence-electron chi connectivity index (χ0n) is 24.2. The van der Waals surface area contributed by atoms with Gasteiger partial charge in [-0.05, 0) is 48.4 Å². The number of hydrogen-bond donors (Lipinski definition) is 1. The van der Waals surface area contributed by atoms with Gasteiger partial charge in [-0.25, -0.2) is 0 Å². The van der Waals surface area contributed by atoms with Crippen LogP contribution in [0.2, 0.25) is 5.02 Å². The van der Waals surface area contributed by atoms with Gasteiger partial charge in [-0.1, -0.05) is 102 Å². The second-order valence-corrected chi connectivity index (χ2v) is 11.4. The largest absolute Gasteiger partial charge is 0.507 e.